The molecular formula is C19H19N3O3. The van der Waals surface area contributed by atoms with E-state index in [1.807, 2.05) is 36.4 Å². The molecule has 0 fully saturated rings. The van der Waals surface area contributed by atoms with Crippen molar-refractivity contribution in [1.82, 2.24) is 10.3 Å². The number of para-hydroxylation sites is 1. The first-order chi connectivity index (χ1) is 12.2. The number of nitrogens with zero attached hydrogens (tertiary/aromatic N) is 1. The topological polar surface area (TPSA) is 83.5 Å². The molecule has 128 valence electrons. The Morgan fingerprint density at radius 3 is 2.84 bits per heavy atom. The molecule has 3 rings (SSSR count). The molecule has 0 aliphatic carbocycles. The van der Waals surface area contributed by atoms with Gasteiger partial charge in [-0.25, -0.2) is 0 Å². The molecule has 6 heteroatoms. The van der Waals surface area contributed by atoms with Crippen LogP contribution in [0.3, 0.4) is 0 Å². The SMILES string of the molecule is COc1ccc(CNCC(=O)Nc2cccc3cccnc23)cc1O. The molecule has 0 aliphatic rings. The minimum Gasteiger partial charge on any atom is -0.504 e. The summed E-state index contributed by atoms with van der Waals surface area (Å²) < 4.78 is 5.00. The summed E-state index contributed by atoms with van der Waals surface area (Å²) in [5.41, 5.74) is 2.31. The Morgan fingerprint density at radius 1 is 1.20 bits per heavy atom. The first-order valence-electron chi connectivity index (χ1n) is 7.87. The summed E-state index contributed by atoms with van der Waals surface area (Å²) in [6.45, 7) is 0.606. The molecule has 0 spiro atoms. The number of benzene rings is 2. The first-order valence-corrected chi connectivity index (χ1v) is 7.87. The third-order valence-electron chi connectivity index (χ3n) is 3.76. The standard InChI is InChI=1S/C19H19N3O3/c1-25-17-8-7-13(10-16(17)23)11-20-12-18(24)22-15-6-2-4-14-5-3-9-21-19(14)15/h2-10,20,23H,11-12H2,1H3,(H,22,24). The van der Waals surface area contributed by atoms with Crippen LogP contribution in [-0.2, 0) is 11.3 Å². The van der Waals surface area contributed by atoms with E-state index in [2.05, 4.69) is 15.6 Å². The van der Waals surface area contributed by atoms with Gasteiger partial charge in [0.15, 0.2) is 11.5 Å². The summed E-state index contributed by atoms with van der Waals surface area (Å²) in [7, 11) is 1.50. The van der Waals surface area contributed by atoms with Gasteiger partial charge < -0.3 is 20.5 Å². The monoisotopic (exact) mass is 337 g/mol. The molecule has 25 heavy (non-hydrogen) atoms. The fourth-order valence-electron chi connectivity index (χ4n) is 2.57. The van der Waals surface area contributed by atoms with E-state index in [1.165, 1.54) is 7.11 Å². The number of anilines is 1. The van der Waals surface area contributed by atoms with E-state index in [1.54, 1.807) is 18.3 Å². The number of ether oxygens (including phenoxy) is 1. The van der Waals surface area contributed by atoms with Crippen molar-refractivity contribution in [3.63, 3.8) is 0 Å². The minimum atomic E-state index is -0.157. The zero-order valence-corrected chi connectivity index (χ0v) is 13.8. The summed E-state index contributed by atoms with van der Waals surface area (Å²) in [5.74, 6) is 0.342. The Morgan fingerprint density at radius 2 is 2.04 bits per heavy atom. The number of hydrogen-bond donors (Lipinski definition) is 3. The van der Waals surface area contributed by atoms with E-state index in [-0.39, 0.29) is 18.2 Å². The van der Waals surface area contributed by atoms with Crippen molar-refractivity contribution < 1.29 is 14.6 Å². The Labute approximate surface area is 145 Å². The average molecular weight is 337 g/mol. The predicted octanol–water partition coefficient (Wildman–Crippen LogP) is 2.68. The second-order valence-corrected chi connectivity index (χ2v) is 5.54. The lowest BCUT2D eigenvalue weighted by Crippen LogP contribution is -2.27. The Hall–Kier alpha value is -3.12. The quantitative estimate of drug-likeness (QED) is 0.644. The van der Waals surface area contributed by atoms with Crippen LogP contribution in [-0.4, -0.2) is 29.7 Å². The van der Waals surface area contributed by atoms with Crippen molar-refractivity contribution in [3.8, 4) is 11.5 Å². The Kier molecular flexibility index (Phi) is 5.11. The van der Waals surface area contributed by atoms with Gasteiger partial charge in [-0.05, 0) is 29.8 Å². The maximum Gasteiger partial charge on any atom is 0.238 e. The number of aromatic nitrogens is 1. The van der Waals surface area contributed by atoms with Crippen LogP contribution in [0, 0.1) is 0 Å². The fraction of sp³-hybridized carbons (Fsp3) is 0.158. The molecule has 1 heterocycles. The number of nitrogens with one attached hydrogen (secondary N) is 2. The smallest absolute Gasteiger partial charge is 0.238 e. The molecule has 3 aromatic rings. The summed E-state index contributed by atoms with van der Waals surface area (Å²) in [6.07, 6.45) is 1.70. The molecule has 1 aromatic heterocycles. The maximum atomic E-state index is 12.1. The molecule has 0 atom stereocenters. The summed E-state index contributed by atoms with van der Waals surface area (Å²) >= 11 is 0. The predicted molar refractivity (Wildman–Crippen MR) is 96.7 cm³/mol. The van der Waals surface area contributed by atoms with Gasteiger partial charge in [-0.3, -0.25) is 9.78 Å². The van der Waals surface area contributed by atoms with E-state index < -0.39 is 0 Å². The van der Waals surface area contributed by atoms with E-state index in [0.29, 0.717) is 18.0 Å². The van der Waals surface area contributed by atoms with Crippen LogP contribution in [0.4, 0.5) is 5.69 Å². The summed E-state index contributed by atoms with van der Waals surface area (Å²) in [4.78, 5) is 16.5. The number of rotatable bonds is 6. The van der Waals surface area contributed by atoms with Gasteiger partial charge in [0.05, 0.1) is 24.9 Å². The highest BCUT2D eigenvalue weighted by molar-refractivity contribution is 6.00. The van der Waals surface area contributed by atoms with E-state index in [0.717, 1.165) is 16.5 Å². The number of carbonyl (C=O) groups is 1. The van der Waals surface area contributed by atoms with Crippen molar-refractivity contribution >= 4 is 22.5 Å². The van der Waals surface area contributed by atoms with Crippen LogP contribution >= 0.6 is 0 Å². The van der Waals surface area contributed by atoms with Crippen LogP contribution in [0.5, 0.6) is 11.5 Å². The van der Waals surface area contributed by atoms with Crippen LogP contribution in [0.1, 0.15) is 5.56 Å². The van der Waals surface area contributed by atoms with Gasteiger partial charge in [-0.2, -0.15) is 0 Å². The lowest BCUT2D eigenvalue weighted by molar-refractivity contribution is -0.115. The molecule has 6 nitrogen and oxygen atoms in total. The van der Waals surface area contributed by atoms with Gasteiger partial charge >= 0.3 is 0 Å². The second-order valence-electron chi connectivity index (χ2n) is 5.54. The van der Waals surface area contributed by atoms with E-state index >= 15 is 0 Å². The minimum absolute atomic E-state index is 0.0769. The van der Waals surface area contributed by atoms with Gasteiger partial charge in [0, 0.05) is 18.1 Å². The van der Waals surface area contributed by atoms with Gasteiger partial charge in [-0.1, -0.05) is 24.3 Å². The number of pyridine rings is 1. The lowest BCUT2D eigenvalue weighted by Gasteiger charge is -2.10. The zero-order chi connectivity index (χ0) is 17.6. The van der Waals surface area contributed by atoms with Gasteiger partial charge in [0.25, 0.3) is 0 Å². The Balaban J connectivity index is 1.57. The molecule has 1 amide bonds. The van der Waals surface area contributed by atoms with Gasteiger partial charge in [0.1, 0.15) is 0 Å². The highest BCUT2D eigenvalue weighted by Crippen LogP contribution is 2.26. The largest absolute Gasteiger partial charge is 0.504 e. The number of hydrogen-bond acceptors (Lipinski definition) is 5. The lowest BCUT2D eigenvalue weighted by atomic mass is 10.2. The number of fused-ring (bicyclic) bond motifs is 1. The van der Waals surface area contributed by atoms with Crippen molar-refractivity contribution in [2.24, 2.45) is 0 Å². The third kappa shape index (κ3) is 4.05. The molecule has 0 unspecified atom stereocenters. The highest BCUT2D eigenvalue weighted by Gasteiger charge is 2.07. The maximum absolute atomic E-state index is 12.1. The number of aromatic hydroxyl groups is 1. The zero-order valence-electron chi connectivity index (χ0n) is 13.8. The normalized spacial score (nSPS) is 10.6. The fourth-order valence-corrected chi connectivity index (χ4v) is 2.57. The molecule has 0 bridgehead atoms. The molecular weight excluding hydrogens is 318 g/mol. The average Bonchev–Trinajstić information content (AvgIpc) is 2.62. The van der Waals surface area contributed by atoms with Crippen LogP contribution in [0.25, 0.3) is 10.9 Å². The van der Waals surface area contributed by atoms with Crippen molar-refractivity contribution in [2.45, 2.75) is 6.54 Å². The third-order valence-corrected chi connectivity index (χ3v) is 3.76. The molecule has 3 N–H and O–H groups in total. The van der Waals surface area contributed by atoms with Crippen molar-refractivity contribution in [2.75, 3.05) is 19.0 Å². The number of carbonyl (C=O) groups excluding carboxylic acids is 1. The number of phenolic OH excluding ortho intramolecular Hbond substituents is 1. The molecule has 0 aliphatic heterocycles. The number of phenols is 1. The second kappa shape index (κ2) is 7.63. The molecule has 0 radical (unpaired) electrons. The van der Waals surface area contributed by atoms with Crippen molar-refractivity contribution in [3.05, 3.63) is 60.3 Å². The van der Waals surface area contributed by atoms with Crippen LogP contribution in [0.15, 0.2) is 54.7 Å². The summed E-state index contributed by atoms with van der Waals surface area (Å²) in [6, 6.07) is 14.6. The molecule has 0 saturated carbocycles. The van der Waals surface area contributed by atoms with Crippen LogP contribution < -0.4 is 15.4 Å². The highest BCUT2D eigenvalue weighted by atomic mass is 16.5. The first kappa shape index (κ1) is 16.7. The number of amides is 1. The van der Waals surface area contributed by atoms with E-state index in [4.69, 9.17) is 4.74 Å². The van der Waals surface area contributed by atoms with Crippen molar-refractivity contribution in [1.29, 1.82) is 0 Å². The van der Waals surface area contributed by atoms with Gasteiger partial charge in [-0.15, -0.1) is 0 Å². The Bertz CT molecular complexity index is 891. The van der Waals surface area contributed by atoms with E-state index in [9.17, 15) is 9.90 Å². The van der Waals surface area contributed by atoms with Crippen LogP contribution in [0.2, 0.25) is 0 Å². The van der Waals surface area contributed by atoms with Gasteiger partial charge in [0.2, 0.25) is 5.91 Å². The molecule has 0 saturated heterocycles. The number of methoxy groups -OCH3 is 1. The molecule has 2 aromatic carbocycles. The summed E-state index contributed by atoms with van der Waals surface area (Å²) in [5, 5.41) is 16.6.